The highest BCUT2D eigenvalue weighted by atomic mass is 19.1. The van der Waals surface area contributed by atoms with Gasteiger partial charge in [0.2, 0.25) is 0 Å². The van der Waals surface area contributed by atoms with Gasteiger partial charge in [0.15, 0.2) is 17.5 Å². The van der Waals surface area contributed by atoms with E-state index in [9.17, 15) is 4.39 Å². The molecule has 0 radical (unpaired) electrons. The minimum absolute atomic E-state index is 0.329. The third-order valence-corrected chi connectivity index (χ3v) is 3.21. The summed E-state index contributed by atoms with van der Waals surface area (Å²) in [6.45, 7) is 5.37. The number of nitrogens with zero attached hydrogens (tertiary/aromatic N) is 1. The van der Waals surface area contributed by atoms with Crippen molar-refractivity contribution in [2.75, 3.05) is 6.54 Å². The molecular formula is C14H20FN3O. The fraction of sp³-hybridized carbons (Fsp3) is 0.500. The van der Waals surface area contributed by atoms with Crippen LogP contribution >= 0.6 is 0 Å². The summed E-state index contributed by atoms with van der Waals surface area (Å²) in [7, 11) is 0. The van der Waals surface area contributed by atoms with Gasteiger partial charge in [0, 0.05) is 12.6 Å². The largest absolute Gasteiger partial charge is 0.505 e. The molecule has 0 bridgehead atoms. The molecule has 104 valence electrons. The molecule has 1 aliphatic rings. The Morgan fingerprint density at radius 2 is 2.26 bits per heavy atom. The van der Waals surface area contributed by atoms with E-state index in [0.717, 1.165) is 24.5 Å². The average molecular weight is 265 g/mol. The van der Waals surface area contributed by atoms with Crippen molar-refractivity contribution in [2.24, 2.45) is 10.9 Å². The number of phenolic OH excluding ortho intramolecular Hbond substituents is 1. The molecule has 1 aromatic rings. The van der Waals surface area contributed by atoms with Crippen LogP contribution in [0.5, 0.6) is 5.75 Å². The van der Waals surface area contributed by atoms with Crippen molar-refractivity contribution in [1.29, 1.82) is 0 Å². The van der Waals surface area contributed by atoms with Gasteiger partial charge in [-0.05, 0) is 37.0 Å². The maximum atomic E-state index is 13.2. The molecular weight excluding hydrogens is 245 g/mol. The molecule has 0 amide bonds. The summed E-state index contributed by atoms with van der Waals surface area (Å²) in [4.78, 5) is 4.42. The van der Waals surface area contributed by atoms with Gasteiger partial charge in [0.05, 0.1) is 6.54 Å². The van der Waals surface area contributed by atoms with E-state index < -0.39 is 5.82 Å². The van der Waals surface area contributed by atoms with Gasteiger partial charge < -0.3 is 15.7 Å². The standard InChI is InChI=1S/C14H20FN3O/c1-3-16-14(18-12-6-9(12)2)17-8-10-4-5-13(19)11(15)7-10/h4-5,7,9,12,19H,3,6,8H2,1-2H3,(H2,16,17,18). The highest BCUT2D eigenvalue weighted by Crippen LogP contribution is 2.28. The Balaban J connectivity index is 1.98. The van der Waals surface area contributed by atoms with Crippen LogP contribution in [0.25, 0.3) is 0 Å². The van der Waals surface area contributed by atoms with Crippen LogP contribution in [0.1, 0.15) is 25.8 Å². The summed E-state index contributed by atoms with van der Waals surface area (Å²) >= 11 is 0. The van der Waals surface area contributed by atoms with Crippen LogP contribution in [-0.4, -0.2) is 23.7 Å². The van der Waals surface area contributed by atoms with Crippen LogP contribution in [0.15, 0.2) is 23.2 Å². The molecule has 0 spiro atoms. The van der Waals surface area contributed by atoms with E-state index in [1.165, 1.54) is 12.1 Å². The molecule has 1 aliphatic carbocycles. The van der Waals surface area contributed by atoms with Crippen LogP contribution in [0.2, 0.25) is 0 Å². The predicted molar refractivity (Wildman–Crippen MR) is 73.6 cm³/mol. The molecule has 4 nitrogen and oxygen atoms in total. The third kappa shape index (κ3) is 3.84. The molecule has 1 aromatic carbocycles. The number of rotatable bonds is 4. The second-order valence-corrected chi connectivity index (χ2v) is 4.94. The highest BCUT2D eigenvalue weighted by Gasteiger charge is 2.33. The van der Waals surface area contributed by atoms with Crippen LogP contribution < -0.4 is 10.6 Å². The summed E-state index contributed by atoms with van der Waals surface area (Å²) < 4.78 is 13.2. The lowest BCUT2D eigenvalue weighted by atomic mass is 10.2. The van der Waals surface area contributed by atoms with Gasteiger partial charge in [-0.2, -0.15) is 0 Å². The Morgan fingerprint density at radius 1 is 1.53 bits per heavy atom. The first kappa shape index (κ1) is 13.6. The topological polar surface area (TPSA) is 56.7 Å². The summed E-state index contributed by atoms with van der Waals surface area (Å²) in [5.74, 6) is 0.506. The number of benzene rings is 1. The van der Waals surface area contributed by atoms with E-state index in [-0.39, 0.29) is 5.75 Å². The molecule has 5 heteroatoms. The Labute approximate surface area is 112 Å². The molecule has 2 unspecified atom stereocenters. The Morgan fingerprint density at radius 3 is 2.84 bits per heavy atom. The second kappa shape index (κ2) is 5.91. The third-order valence-electron chi connectivity index (χ3n) is 3.21. The maximum absolute atomic E-state index is 13.2. The summed E-state index contributed by atoms with van der Waals surface area (Å²) in [5.41, 5.74) is 0.733. The van der Waals surface area contributed by atoms with Gasteiger partial charge in [-0.1, -0.05) is 13.0 Å². The predicted octanol–water partition coefficient (Wildman–Crippen LogP) is 1.99. The number of aliphatic imine (C=N–C) groups is 1. The molecule has 2 rings (SSSR count). The van der Waals surface area contributed by atoms with E-state index in [1.807, 2.05) is 6.92 Å². The molecule has 0 aliphatic heterocycles. The van der Waals surface area contributed by atoms with Crippen molar-refractivity contribution in [3.05, 3.63) is 29.6 Å². The fourth-order valence-electron chi connectivity index (χ4n) is 1.84. The minimum Gasteiger partial charge on any atom is -0.505 e. The first-order valence-electron chi connectivity index (χ1n) is 6.62. The van der Waals surface area contributed by atoms with Crippen molar-refractivity contribution in [1.82, 2.24) is 10.6 Å². The van der Waals surface area contributed by atoms with Gasteiger partial charge in [0.25, 0.3) is 0 Å². The molecule has 1 fully saturated rings. The lowest BCUT2D eigenvalue weighted by Crippen LogP contribution is -2.39. The van der Waals surface area contributed by atoms with Crippen molar-refractivity contribution in [3.63, 3.8) is 0 Å². The lowest BCUT2D eigenvalue weighted by Gasteiger charge is -2.10. The van der Waals surface area contributed by atoms with E-state index in [2.05, 4.69) is 22.5 Å². The Hall–Kier alpha value is -1.78. The second-order valence-electron chi connectivity index (χ2n) is 4.94. The van der Waals surface area contributed by atoms with Crippen molar-refractivity contribution >= 4 is 5.96 Å². The zero-order valence-electron chi connectivity index (χ0n) is 11.3. The number of halogens is 1. The monoisotopic (exact) mass is 265 g/mol. The van der Waals surface area contributed by atoms with Gasteiger partial charge in [-0.25, -0.2) is 9.38 Å². The molecule has 0 saturated heterocycles. The molecule has 0 heterocycles. The number of nitrogens with one attached hydrogen (secondary N) is 2. The first-order chi connectivity index (χ1) is 9.10. The molecule has 0 aromatic heterocycles. The average Bonchev–Trinajstić information content (AvgIpc) is 3.06. The molecule has 2 atom stereocenters. The van der Waals surface area contributed by atoms with Crippen LogP contribution in [0.4, 0.5) is 4.39 Å². The van der Waals surface area contributed by atoms with Gasteiger partial charge in [-0.3, -0.25) is 0 Å². The van der Waals surface area contributed by atoms with Gasteiger partial charge in [-0.15, -0.1) is 0 Å². The minimum atomic E-state index is -0.610. The van der Waals surface area contributed by atoms with E-state index in [1.54, 1.807) is 6.07 Å². The maximum Gasteiger partial charge on any atom is 0.191 e. The van der Waals surface area contributed by atoms with Crippen LogP contribution in [0, 0.1) is 11.7 Å². The van der Waals surface area contributed by atoms with Crippen molar-refractivity contribution < 1.29 is 9.50 Å². The number of hydrogen-bond donors (Lipinski definition) is 3. The van der Waals surface area contributed by atoms with E-state index in [0.29, 0.717) is 18.5 Å². The Bertz CT molecular complexity index is 476. The van der Waals surface area contributed by atoms with Gasteiger partial charge in [0.1, 0.15) is 0 Å². The number of phenols is 1. The quantitative estimate of drug-likeness (QED) is 0.576. The van der Waals surface area contributed by atoms with E-state index >= 15 is 0 Å². The van der Waals surface area contributed by atoms with Crippen LogP contribution in [0.3, 0.4) is 0 Å². The summed E-state index contributed by atoms with van der Waals surface area (Å²) in [5, 5.41) is 15.6. The van der Waals surface area contributed by atoms with Crippen molar-refractivity contribution in [2.45, 2.75) is 32.9 Å². The SMILES string of the molecule is CCNC(=NCc1ccc(O)c(F)c1)NC1CC1C. The van der Waals surface area contributed by atoms with Crippen molar-refractivity contribution in [3.8, 4) is 5.75 Å². The zero-order chi connectivity index (χ0) is 13.8. The number of hydrogen-bond acceptors (Lipinski definition) is 2. The number of guanidine groups is 1. The summed E-state index contributed by atoms with van der Waals surface area (Å²) in [6.07, 6.45) is 1.16. The zero-order valence-corrected chi connectivity index (χ0v) is 11.3. The molecule has 3 N–H and O–H groups in total. The van der Waals surface area contributed by atoms with E-state index in [4.69, 9.17) is 5.11 Å². The lowest BCUT2D eigenvalue weighted by molar-refractivity contribution is 0.432. The smallest absolute Gasteiger partial charge is 0.191 e. The fourth-order valence-corrected chi connectivity index (χ4v) is 1.84. The highest BCUT2D eigenvalue weighted by molar-refractivity contribution is 5.80. The molecule has 1 saturated carbocycles. The van der Waals surface area contributed by atoms with Gasteiger partial charge >= 0.3 is 0 Å². The Kier molecular flexibility index (Phi) is 4.24. The normalized spacial score (nSPS) is 22.2. The number of aromatic hydroxyl groups is 1. The first-order valence-corrected chi connectivity index (χ1v) is 6.62. The summed E-state index contributed by atoms with van der Waals surface area (Å²) in [6, 6.07) is 4.83. The van der Waals surface area contributed by atoms with Crippen LogP contribution in [-0.2, 0) is 6.54 Å². The molecule has 19 heavy (non-hydrogen) atoms.